The van der Waals surface area contributed by atoms with Crippen LogP contribution in [0.3, 0.4) is 0 Å². The molecule has 100 valence electrons. The third-order valence-electron chi connectivity index (χ3n) is 3.23. The van der Waals surface area contributed by atoms with Gasteiger partial charge in [0.15, 0.2) is 11.4 Å². The average Bonchev–Trinajstić information content (AvgIpc) is 2.87. The highest BCUT2D eigenvalue weighted by Gasteiger charge is 2.21. The number of methoxy groups -OCH3 is 1. The Labute approximate surface area is 115 Å². The van der Waals surface area contributed by atoms with Crippen LogP contribution in [0.4, 0.5) is 0 Å². The van der Waals surface area contributed by atoms with Crippen molar-refractivity contribution in [1.82, 2.24) is 14.8 Å². The van der Waals surface area contributed by atoms with E-state index < -0.39 is 0 Å². The summed E-state index contributed by atoms with van der Waals surface area (Å²) in [5.74, 6) is 0.346. The van der Waals surface area contributed by atoms with E-state index in [0.717, 1.165) is 10.9 Å². The van der Waals surface area contributed by atoms with E-state index in [2.05, 4.69) is 10.1 Å². The second-order valence-corrected chi connectivity index (χ2v) is 4.39. The van der Waals surface area contributed by atoms with Gasteiger partial charge >= 0.3 is 0 Å². The molecular formula is C15H13N3O2. The Hall–Kier alpha value is -2.69. The molecule has 0 saturated carbocycles. The first-order valence-corrected chi connectivity index (χ1v) is 6.17. The van der Waals surface area contributed by atoms with Crippen LogP contribution >= 0.6 is 0 Å². The van der Waals surface area contributed by atoms with Crippen molar-refractivity contribution in [2.75, 3.05) is 7.11 Å². The van der Waals surface area contributed by atoms with Gasteiger partial charge in [0.05, 0.1) is 18.8 Å². The quantitative estimate of drug-likeness (QED) is 0.683. The Morgan fingerprint density at radius 1 is 1.25 bits per heavy atom. The van der Waals surface area contributed by atoms with E-state index in [-0.39, 0.29) is 5.78 Å². The summed E-state index contributed by atoms with van der Waals surface area (Å²) in [7, 11) is 3.25. The predicted molar refractivity (Wildman–Crippen MR) is 74.9 cm³/mol. The largest absolute Gasteiger partial charge is 0.493 e. The van der Waals surface area contributed by atoms with Gasteiger partial charge in [-0.15, -0.1) is 0 Å². The fourth-order valence-corrected chi connectivity index (χ4v) is 2.25. The van der Waals surface area contributed by atoms with Crippen LogP contribution in [0, 0.1) is 0 Å². The molecule has 0 saturated heterocycles. The first kappa shape index (κ1) is 12.3. The monoisotopic (exact) mass is 267 g/mol. The summed E-state index contributed by atoms with van der Waals surface area (Å²) in [6.07, 6.45) is 3.18. The van der Waals surface area contributed by atoms with Crippen molar-refractivity contribution in [3.63, 3.8) is 0 Å². The number of ketones is 1. The number of carbonyl (C=O) groups excluding carboxylic acids is 1. The van der Waals surface area contributed by atoms with Gasteiger partial charge in [0.25, 0.3) is 0 Å². The number of para-hydroxylation sites is 1. The van der Waals surface area contributed by atoms with Crippen LogP contribution in [0.1, 0.15) is 16.1 Å². The molecule has 1 aromatic carbocycles. The second-order valence-electron chi connectivity index (χ2n) is 4.39. The zero-order valence-corrected chi connectivity index (χ0v) is 11.2. The van der Waals surface area contributed by atoms with Crippen molar-refractivity contribution >= 4 is 16.7 Å². The number of ether oxygens (including phenoxy) is 1. The third kappa shape index (κ3) is 1.84. The minimum absolute atomic E-state index is 0.125. The van der Waals surface area contributed by atoms with Crippen molar-refractivity contribution in [2.45, 2.75) is 0 Å². The van der Waals surface area contributed by atoms with Crippen LogP contribution in [-0.2, 0) is 7.05 Å². The molecule has 3 aromatic rings. The number of pyridine rings is 1. The molecule has 0 aliphatic heterocycles. The molecule has 0 N–H and O–H groups in total. The van der Waals surface area contributed by atoms with E-state index in [4.69, 9.17) is 4.74 Å². The Morgan fingerprint density at radius 3 is 2.85 bits per heavy atom. The standard InChI is InChI=1S/C15H13N3O2/c1-18-14(13(20-2)9-17-18)15(19)11-7-8-16-12-6-4-3-5-10(11)12/h3-9H,1-2H3. The molecule has 0 unspecified atom stereocenters. The van der Waals surface area contributed by atoms with Gasteiger partial charge in [-0.05, 0) is 12.1 Å². The Balaban J connectivity index is 2.20. The van der Waals surface area contributed by atoms with Crippen molar-refractivity contribution in [3.05, 3.63) is 54.0 Å². The minimum atomic E-state index is -0.125. The van der Waals surface area contributed by atoms with E-state index in [1.54, 1.807) is 19.3 Å². The molecule has 0 spiro atoms. The highest BCUT2D eigenvalue weighted by atomic mass is 16.5. The van der Waals surface area contributed by atoms with Gasteiger partial charge in [0.2, 0.25) is 5.78 Å². The number of aromatic nitrogens is 3. The van der Waals surface area contributed by atoms with Crippen LogP contribution < -0.4 is 4.74 Å². The first-order chi connectivity index (χ1) is 9.72. The van der Waals surface area contributed by atoms with Crippen molar-refractivity contribution in [3.8, 4) is 5.75 Å². The fraction of sp³-hybridized carbons (Fsp3) is 0.133. The summed E-state index contributed by atoms with van der Waals surface area (Å²) < 4.78 is 6.73. The van der Waals surface area contributed by atoms with Crippen LogP contribution in [0.2, 0.25) is 0 Å². The topological polar surface area (TPSA) is 57.0 Å². The minimum Gasteiger partial charge on any atom is -0.493 e. The van der Waals surface area contributed by atoms with Gasteiger partial charge in [0, 0.05) is 24.2 Å². The van der Waals surface area contributed by atoms with Crippen LogP contribution in [-0.4, -0.2) is 27.7 Å². The normalized spacial score (nSPS) is 10.7. The molecule has 3 rings (SSSR count). The molecule has 0 aliphatic rings. The molecule has 2 heterocycles. The fourth-order valence-electron chi connectivity index (χ4n) is 2.25. The number of hydrogen-bond donors (Lipinski definition) is 0. The van der Waals surface area contributed by atoms with E-state index >= 15 is 0 Å². The van der Waals surface area contributed by atoms with Gasteiger partial charge in [-0.3, -0.25) is 14.5 Å². The summed E-state index contributed by atoms with van der Waals surface area (Å²) in [6.45, 7) is 0. The number of rotatable bonds is 3. The molecule has 0 fully saturated rings. The van der Waals surface area contributed by atoms with Crippen LogP contribution in [0.25, 0.3) is 10.9 Å². The van der Waals surface area contributed by atoms with E-state index in [0.29, 0.717) is 17.0 Å². The molecular weight excluding hydrogens is 254 g/mol. The summed E-state index contributed by atoms with van der Waals surface area (Å²) in [4.78, 5) is 17.0. The van der Waals surface area contributed by atoms with Crippen molar-refractivity contribution in [2.24, 2.45) is 7.05 Å². The number of hydrogen-bond acceptors (Lipinski definition) is 4. The Kier molecular flexibility index (Phi) is 2.95. The van der Waals surface area contributed by atoms with Gasteiger partial charge < -0.3 is 4.74 Å². The summed E-state index contributed by atoms with van der Waals surface area (Å²) in [5.41, 5.74) is 1.82. The van der Waals surface area contributed by atoms with E-state index in [1.807, 2.05) is 24.3 Å². The number of fused-ring (bicyclic) bond motifs is 1. The van der Waals surface area contributed by atoms with Gasteiger partial charge in [0.1, 0.15) is 0 Å². The first-order valence-electron chi connectivity index (χ1n) is 6.17. The van der Waals surface area contributed by atoms with Gasteiger partial charge in [-0.25, -0.2) is 0 Å². The van der Waals surface area contributed by atoms with Crippen molar-refractivity contribution < 1.29 is 9.53 Å². The van der Waals surface area contributed by atoms with Gasteiger partial charge in [-0.2, -0.15) is 5.10 Å². The lowest BCUT2D eigenvalue weighted by atomic mass is 10.0. The van der Waals surface area contributed by atoms with E-state index in [9.17, 15) is 4.79 Å². The number of carbonyl (C=O) groups is 1. The molecule has 2 aromatic heterocycles. The maximum absolute atomic E-state index is 12.8. The maximum atomic E-state index is 12.8. The lowest BCUT2D eigenvalue weighted by Gasteiger charge is -2.07. The molecule has 0 amide bonds. The van der Waals surface area contributed by atoms with E-state index in [1.165, 1.54) is 18.0 Å². The lowest BCUT2D eigenvalue weighted by molar-refractivity contribution is 0.102. The van der Waals surface area contributed by atoms with Crippen molar-refractivity contribution in [1.29, 1.82) is 0 Å². The second kappa shape index (κ2) is 4.77. The number of aryl methyl sites for hydroxylation is 1. The Morgan fingerprint density at radius 2 is 2.05 bits per heavy atom. The third-order valence-corrected chi connectivity index (χ3v) is 3.23. The molecule has 0 aliphatic carbocycles. The summed E-state index contributed by atoms with van der Waals surface area (Å²) in [5, 5.41) is 4.89. The molecule has 5 nitrogen and oxygen atoms in total. The smallest absolute Gasteiger partial charge is 0.215 e. The molecule has 0 bridgehead atoms. The maximum Gasteiger partial charge on any atom is 0.215 e. The highest BCUT2D eigenvalue weighted by molar-refractivity contribution is 6.16. The van der Waals surface area contributed by atoms with Crippen LogP contribution in [0.5, 0.6) is 5.75 Å². The summed E-state index contributed by atoms with van der Waals surface area (Å²) >= 11 is 0. The van der Waals surface area contributed by atoms with Crippen LogP contribution in [0.15, 0.2) is 42.7 Å². The zero-order valence-electron chi connectivity index (χ0n) is 11.2. The molecule has 0 radical (unpaired) electrons. The molecule has 20 heavy (non-hydrogen) atoms. The van der Waals surface area contributed by atoms with Gasteiger partial charge in [-0.1, -0.05) is 18.2 Å². The number of nitrogens with zero attached hydrogens (tertiary/aromatic N) is 3. The lowest BCUT2D eigenvalue weighted by Crippen LogP contribution is -2.10. The SMILES string of the molecule is COc1cnn(C)c1C(=O)c1ccnc2ccccc12. The Bertz CT molecular complexity index is 787. The zero-order chi connectivity index (χ0) is 14.1. The number of benzene rings is 1. The molecule has 0 atom stereocenters. The molecule has 5 heteroatoms. The summed E-state index contributed by atoms with van der Waals surface area (Å²) in [6, 6.07) is 9.28. The highest BCUT2D eigenvalue weighted by Crippen LogP contribution is 2.24. The predicted octanol–water partition coefficient (Wildman–Crippen LogP) is 2.21. The average molecular weight is 267 g/mol.